The summed E-state index contributed by atoms with van der Waals surface area (Å²) in [6, 6.07) is 0.564. The molecule has 1 aromatic heterocycles. The van der Waals surface area contributed by atoms with Gasteiger partial charge in [-0.25, -0.2) is 4.98 Å². The highest BCUT2D eigenvalue weighted by Gasteiger charge is 2.33. The lowest BCUT2D eigenvalue weighted by molar-refractivity contribution is 0.463. The summed E-state index contributed by atoms with van der Waals surface area (Å²) in [5.74, 6) is 3.14. The Balaban J connectivity index is 0.00000162. The molecule has 0 aromatic carbocycles. The highest BCUT2D eigenvalue weighted by Crippen LogP contribution is 2.28. The number of hydrogen-bond donors (Lipinski definition) is 2. The van der Waals surface area contributed by atoms with E-state index in [1.165, 1.54) is 6.42 Å². The van der Waals surface area contributed by atoms with Crippen LogP contribution in [0.5, 0.6) is 0 Å². The van der Waals surface area contributed by atoms with Crippen LogP contribution in [0.3, 0.4) is 0 Å². The minimum atomic E-state index is 0. The Morgan fingerprint density at radius 3 is 2.61 bits per heavy atom. The maximum atomic E-state index is 5.49. The number of rotatable bonds is 3. The predicted molar refractivity (Wildman–Crippen MR) is 82.3 cm³/mol. The molecule has 2 N–H and O–H groups in total. The van der Waals surface area contributed by atoms with Gasteiger partial charge >= 0.3 is 0 Å². The first-order valence-electron chi connectivity index (χ1n) is 6.00. The van der Waals surface area contributed by atoms with E-state index >= 15 is 0 Å². The van der Waals surface area contributed by atoms with Crippen molar-refractivity contribution in [3.63, 3.8) is 0 Å². The van der Waals surface area contributed by atoms with Crippen molar-refractivity contribution in [1.29, 1.82) is 0 Å². The Labute approximate surface area is 125 Å². The Hall–Kier alpha value is -0.790. The van der Waals surface area contributed by atoms with E-state index in [1.807, 2.05) is 13.8 Å². The van der Waals surface area contributed by atoms with Crippen LogP contribution in [0.2, 0.25) is 0 Å². The molecule has 0 spiro atoms. The molecule has 1 aliphatic carbocycles. The quantitative estimate of drug-likeness (QED) is 0.489. The Morgan fingerprint density at radius 1 is 1.50 bits per heavy atom. The van der Waals surface area contributed by atoms with Gasteiger partial charge in [-0.1, -0.05) is 6.92 Å². The molecule has 1 fully saturated rings. The van der Waals surface area contributed by atoms with Gasteiger partial charge in [-0.15, -0.1) is 24.0 Å². The van der Waals surface area contributed by atoms with E-state index in [0.717, 1.165) is 23.3 Å². The Morgan fingerprint density at radius 2 is 2.17 bits per heavy atom. The average molecular weight is 364 g/mol. The second-order valence-corrected chi connectivity index (χ2v) is 4.64. The summed E-state index contributed by atoms with van der Waals surface area (Å²) < 4.78 is 5.49. The molecule has 6 heteroatoms. The van der Waals surface area contributed by atoms with Gasteiger partial charge in [0.05, 0.1) is 12.2 Å². The molecule has 1 aliphatic rings. The molecule has 0 radical (unpaired) electrons. The smallest absolute Gasteiger partial charge is 0.214 e. The van der Waals surface area contributed by atoms with Crippen molar-refractivity contribution in [2.75, 3.05) is 7.05 Å². The predicted octanol–water partition coefficient (Wildman–Crippen LogP) is 1.98. The van der Waals surface area contributed by atoms with E-state index in [9.17, 15) is 0 Å². The normalized spacial score (nSPS) is 22.3. The second kappa shape index (κ2) is 6.40. The fourth-order valence-corrected chi connectivity index (χ4v) is 1.67. The third-order valence-corrected chi connectivity index (χ3v) is 3.14. The third kappa shape index (κ3) is 3.86. The van der Waals surface area contributed by atoms with Crippen LogP contribution >= 0.6 is 24.0 Å². The van der Waals surface area contributed by atoms with Gasteiger partial charge in [-0.05, 0) is 26.2 Å². The fourth-order valence-electron chi connectivity index (χ4n) is 1.67. The largest absolute Gasteiger partial charge is 0.444 e. The molecule has 2 atom stereocenters. The standard InChI is InChI=1S/C12H20N4O.HI/c1-7-5-10(7)16-12(13-4)14-6-11-15-8(2)9(3)17-11;/h7,10H,5-6H2,1-4H3,(H2,13,14,16);1H. The zero-order chi connectivity index (χ0) is 12.4. The Kier molecular flexibility index (Phi) is 5.43. The van der Waals surface area contributed by atoms with E-state index in [-0.39, 0.29) is 24.0 Å². The van der Waals surface area contributed by atoms with Crippen LogP contribution in [0.4, 0.5) is 0 Å². The molecule has 2 unspecified atom stereocenters. The van der Waals surface area contributed by atoms with E-state index in [1.54, 1.807) is 7.05 Å². The summed E-state index contributed by atoms with van der Waals surface area (Å²) in [6.07, 6.45) is 1.22. The molecule has 1 aromatic rings. The first-order valence-corrected chi connectivity index (χ1v) is 6.00. The molecule has 0 bridgehead atoms. The number of aromatic nitrogens is 1. The number of oxazole rings is 1. The molecule has 0 saturated heterocycles. The van der Waals surface area contributed by atoms with Gasteiger partial charge in [0.25, 0.3) is 0 Å². The summed E-state index contributed by atoms with van der Waals surface area (Å²) in [5.41, 5.74) is 0.945. The summed E-state index contributed by atoms with van der Waals surface area (Å²) in [6.45, 7) is 6.66. The van der Waals surface area contributed by atoms with E-state index in [0.29, 0.717) is 18.5 Å². The SMILES string of the molecule is CN=C(NCc1nc(C)c(C)o1)NC1CC1C.I. The first kappa shape index (κ1) is 15.3. The molecule has 102 valence electrons. The number of halogens is 1. The van der Waals surface area contributed by atoms with Gasteiger partial charge in [-0.3, -0.25) is 4.99 Å². The zero-order valence-electron chi connectivity index (χ0n) is 11.3. The summed E-state index contributed by atoms with van der Waals surface area (Å²) in [5, 5.41) is 6.55. The second-order valence-electron chi connectivity index (χ2n) is 4.64. The number of nitrogens with one attached hydrogen (secondary N) is 2. The lowest BCUT2D eigenvalue weighted by atomic mass is 10.4. The lowest BCUT2D eigenvalue weighted by Crippen LogP contribution is -2.38. The minimum Gasteiger partial charge on any atom is -0.444 e. The maximum absolute atomic E-state index is 5.49. The van der Waals surface area contributed by atoms with Crippen molar-refractivity contribution in [1.82, 2.24) is 15.6 Å². The van der Waals surface area contributed by atoms with Gasteiger partial charge in [0.2, 0.25) is 5.89 Å². The number of aliphatic imine (C=N–C) groups is 1. The lowest BCUT2D eigenvalue weighted by Gasteiger charge is -2.09. The van der Waals surface area contributed by atoms with Crippen LogP contribution in [-0.4, -0.2) is 24.0 Å². The molecular weight excluding hydrogens is 343 g/mol. The average Bonchev–Trinajstić information content (AvgIpc) is 2.89. The fraction of sp³-hybridized carbons (Fsp3) is 0.667. The number of aryl methyl sites for hydroxylation is 2. The van der Waals surface area contributed by atoms with Crippen molar-refractivity contribution in [2.45, 2.75) is 39.8 Å². The monoisotopic (exact) mass is 364 g/mol. The summed E-state index contributed by atoms with van der Waals surface area (Å²) in [4.78, 5) is 8.49. The van der Waals surface area contributed by atoms with Crippen molar-refractivity contribution in [2.24, 2.45) is 10.9 Å². The van der Waals surface area contributed by atoms with E-state index in [4.69, 9.17) is 4.42 Å². The molecule has 18 heavy (non-hydrogen) atoms. The van der Waals surface area contributed by atoms with Crippen molar-refractivity contribution in [3.8, 4) is 0 Å². The number of hydrogen-bond acceptors (Lipinski definition) is 3. The van der Waals surface area contributed by atoms with Crippen LogP contribution in [0.15, 0.2) is 9.41 Å². The van der Waals surface area contributed by atoms with Gasteiger partial charge < -0.3 is 15.1 Å². The van der Waals surface area contributed by atoms with E-state index in [2.05, 4.69) is 27.5 Å². The highest BCUT2D eigenvalue weighted by atomic mass is 127. The number of nitrogens with zero attached hydrogens (tertiary/aromatic N) is 2. The van der Waals surface area contributed by atoms with Crippen LogP contribution in [0.1, 0.15) is 30.7 Å². The highest BCUT2D eigenvalue weighted by molar-refractivity contribution is 14.0. The van der Waals surface area contributed by atoms with E-state index < -0.39 is 0 Å². The molecule has 0 aliphatic heterocycles. The molecule has 1 saturated carbocycles. The molecule has 2 rings (SSSR count). The topological polar surface area (TPSA) is 62.5 Å². The molecule has 5 nitrogen and oxygen atoms in total. The molecule has 0 amide bonds. The van der Waals surface area contributed by atoms with Crippen LogP contribution in [0, 0.1) is 19.8 Å². The van der Waals surface area contributed by atoms with Crippen LogP contribution in [-0.2, 0) is 6.54 Å². The maximum Gasteiger partial charge on any atom is 0.214 e. The van der Waals surface area contributed by atoms with Crippen LogP contribution < -0.4 is 10.6 Å². The Bertz CT molecular complexity index is 410. The first-order chi connectivity index (χ1) is 8.10. The summed E-state index contributed by atoms with van der Waals surface area (Å²) in [7, 11) is 1.77. The molecular formula is C12H21IN4O. The van der Waals surface area contributed by atoms with Crippen molar-refractivity contribution < 1.29 is 4.42 Å². The van der Waals surface area contributed by atoms with Gasteiger partial charge in [0.1, 0.15) is 5.76 Å². The summed E-state index contributed by atoms with van der Waals surface area (Å²) >= 11 is 0. The van der Waals surface area contributed by atoms with Crippen LogP contribution in [0.25, 0.3) is 0 Å². The van der Waals surface area contributed by atoms with Gasteiger partial charge in [-0.2, -0.15) is 0 Å². The number of guanidine groups is 1. The zero-order valence-corrected chi connectivity index (χ0v) is 13.6. The van der Waals surface area contributed by atoms with Crippen molar-refractivity contribution in [3.05, 3.63) is 17.3 Å². The van der Waals surface area contributed by atoms with Gasteiger partial charge in [0, 0.05) is 13.1 Å². The molecule has 1 heterocycles. The third-order valence-electron chi connectivity index (χ3n) is 3.14. The minimum absolute atomic E-state index is 0. The van der Waals surface area contributed by atoms with Gasteiger partial charge in [0.15, 0.2) is 5.96 Å². The van der Waals surface area contributed by atoms with Crippen molar-refractivity contribution >= 4 is 29.9 Å².